The summed E-state index contributed by atoms with van der Waals surface area (Å²) < 4.78 is 0. The van der Waals surface area contributed by atoms with E-state index < -0.39 is 0 Å². The van der Waals surface area contributed by atoms with E-state index in [1.54, 1.807) is 0 Å². The number of hydrogen-bond acceptors (Lipinski definition) is 1. The Balaban J connectivity index is 2.21. The van der Waals surface area contributed by atoms with Gasteiger partial charge >= 0.3 is 0 Å². The molecule has 1 atom stereocenters. The third-order valence-corrected chi connectivity index (χ3v) is 2.88. The van der Waals surface area contributed by atoms with Gasteiger partial charge in [-0.25, -0.2) is 0 Å². The SMILES string of the molecule is C=CCCC(CCC)C1CNC1. The molecule has 1 heterocycles. The fourth-order valence-electron chi connectivity index (χ4n) is 1.96. The zero-order valence-electron chi connectivity index (χ0n) is 8.18. The van der Waals surface area contributed by atoms with Crippen molar-refractivity contribution in [3.8, 4) is 0 Å². The standard InChI is InChI=1S/C11H21N/c1-3-5-7-10(6-4-2)11-8-12-9-11/h3,10-12H,1,4-9H2,2H3. The van der Waals surface area contributed by atoms with Gasteiger partial charge in [0.1, 0.15) is 0 Å². The molecule has 1 fully saturated rings. The number of hydrogen-bond donors (Lipinski definition) is 1. The molecule has 0 spiro atoms. The van der Waals surface area contributed by atoms with Crippen LogP contribution in [0.15, 0.2) is 12.7 Å². The first-order chi connectivity index (χ1) is 5.88. The molecule has 0 saturated carbocycles. The van der Waals surface area contributed by atoms with Gasteiger partial charge in [-0.1, -0.05) is 25.8 Å². The van der Waals surface area contributed by atoms with Crippen molar-refractivity contribution in [3.63, 3.8) is 0 Å². The molecule has 1 saturated heterocycles. The van der Waals surface area contributed by atoms with Crippen molar-refractivity contribution >= 4 is 0 Å². The molecule has 1 aliphatic heterocycles. The molecule has 70 valence electrons. The molecule has 12 heavy (non-hydrogen) atoms. The highest BCUT2D eigenvalue weighted by Gasteiger charge is 2.25. The molecule has 1 rings (SSSR count). The topological polar surface area (TPSA) is 12.0 Å². The first kappa shape index (κ1) is 9.79. The summed E-state index contributed by atoms with van der Waals surface area (Å²) in [5.74, 6) is 1.92. The van der Waals surface area contributed by atoms with E-state index >= 15 is 0 Å². The number of nitrogens with one attached hydrogen (secondary N) is 1. The van der Waals surface area contributed by atoms with Crippen LogP contribution in [-0.4, -0.2) is 13.1 Å². The molecule has 1 unspecified atom stereocenters. The summed E-state index contributed by atoms with van der Waals surface area (Å²) in [5.41, 5.74) is 0. The van der Waals surface area contributed by atoms with E-state index in [0.717, 1.165) is 11.8 Å². The van der Waals surface area contributed by atoms with Gasteiger partial charge in [0.25, 0.3) is 0 Å². The van der Waals surface area contributed by atoms with Crippen LogP contribution in [0.3, 0.4) is 0 Å². The minimum Gasteiger partial charge on any atom is -0.316 e. The zero-order chi connectivity index (χ0) is 8.81. The van der Waals surface area contributed by atoms with Gasteiger partial charge < -0.3 is 5.32 Å². The zero-order valence-corrected chi connectivity index (χ0v) is 8.18. The first-order valence-electron chi connectivity index (χ1n) is 5.20. The van der Waals surface area contributed by atoms with Gasteiger partial charge in [-0.15, -0.1) is 6.58 Å². The lowest BCUT2D eigenvalue weighted by molar-refractivity contribution is 0.210. The van der Waals surface area contributed by atoms with Crippen LogP contribution in [0.25, 0.3) is 0 Å². The Morgan fingerprint density at radius 3 is 2.67 bits per heavy atom. The molecule has 0 aromatic carbocycles. The van der Waals surface area contributed by atoms with Crippen LogP contribution in [0.4, 0.5) is 0 Å². The van der Waals surface area contributed by atoms with E-state index in [0.29, 0.717) is 0 Å². The summed E-state index contributed by atoms with van der Waals surface area (Å²) in [4.78, 5) is 0. The third kappa shape index (κ3) is 2.63. The molecule has 0 amide bonds. The van der Waals surface area contributed by atoms with Crippen LogP contribution < -0.4 is 5.32 Å². The predicted molar refractivity (Wildman–Crippen MR) is 54.2 cm³/mol. The maximum atomic E-state index is 3.78. The lowest BCUT2D eigenvalue weighted by Crippen LogP contribution is -2.46. The largest absolute Gasteiger partial charge is 0.316 e. The highest BCUT2D eigenvalue weighted by atomic mass is 14.9. The minimum atomic E-state index is 0.953. The number of rotatable bonds is 6. The second kappa shape index (κ2) is 5.36. The van der Waals surface area contributed by atoms with Crippen LogP contribution in [-0.2, 0) is 0 Å². The second-order valence-electron chi connectivity index (χ2n) is 3.83. The van der Waals surface area contributed by atoms with E-state index in [4.69, 9.17) is 0 Å². The summed E-state index contributed by atoms with van der Waals surface area (Å²) in [6.07, 6.45) is 7.33. The molecule has 0 aromatic heterocycles. The van der Waals surface area contributed by atoms with E-state index in [-0.39, 0.29) is 0 Å². The normalized spacial score (nSPS) is 20.1. The van der Waals surface area contributed by atoms with Gasteiger partial charge in [-0.3, -0.25) is 0 Å². The van der Waals surface area contributed by atoms with Gasteiger partial charge in [-0.05, 0) is 37.8 Å². The number of allylic oxidation sites excluding steroid dienone is 1. The Bertz CT molecular complexity index is 127. The lowest BCUT2D eigenvalue weighted by Gasteiger charge is -2.34. The van der Waals surface area contributed by atoms with Crippen molar-refractivity contribution in [1.82, 2.24) is 5.32 Å². The molecule has 0 aliphatic carbocycles. The molecule has 0 aromatic rings. The quantitative estimate of drug-likeness (QED) is 0.600. The monoisotopic (exact) mass is 167 g/mol. The van der Waals surface area contributed by atoms with Crippen LogP contribution in [0.5, 0.6) is 0 Å². The van der Waals surface area contributed by atoms with Gasteiger partial charge in [0.2, 0.25) is 0 Å². The molecular weight excluding hydrogens is 146 g/mol. The van der Waals surface area contributed by atoms with Crippen molar-refractivity contribution in [2.45, 2.75) is 32.6 Å². The fraction of sp³-hybridized carbons (Fsp3) is 0.818. The Morgan fingerprint density at radius 2 is 2.25 bits per heavy atom. The van der Waals surface area contributed by atoms with Gasteiger partial charge in [-0.2, -0.15) is 0 Å². The Kier molecular flexibility index (Phi) is 4.37. The molecule has 0 radical (unpaired) electrons. The summed E-state index contributed by atoms with van der Waals surface area (Å²) in [6.45, 7) is 8.57. The average Bonchev–Trinajstić information content (AvgIpc) is 1.97. The fourth-order valence-corrected chi connectivity index (χ4v) is 1.96. The second-order valence-corrected chi connectivity index (χ2v) is 3.83. The van der Waals surface area contributed by atoms with E-state index in [1.165, 1.54) is 38.8 Å². The van der Waals surface area contributed by atoms with Gasteiger partial charge in [0, 0.05) is 0 Å². The van der Waals surface area contributed by atoms with Crippen LogP contribution in [0, 0.1) is 11.8 Å². The maximum absolute atomic E-state index is 3.78. The maximum Gasteiger partial charge on any atom is -0.000559 e. The lowest BCUT2D eigenvalue weighted by atomic mass is 9.81. The first-order valence-corrected chi connectivity index (χ1v) is 5.20. The Hall–Kier alpha value is -0.300. The van der Waals surface area contributed by atoms with E-state index in [2.05, 4.69) is 24.9 Å². The highest BCUT2D eigenvalue weighted by Crippen LogP contribution is 2.25. The van der Waals surface area contributed by atoms with E-state index in [9.17, 15) is 0 Å². The Labute approximate surface area is 76.2 Å². The highest BCUT2D eigenvalue weighted by molar-refractivity contribution is 4.83. The summed E-state index contributed by atoms with van der Waals surface area (Å²) in [5, 5.41) is 3.35. The van der Waals surface area contributed by atoms with Crippen molar-refractivity contribution in [1.29, 1.82) is 0 Å². The van der Waals surface area contributed by atoms with Crippen LogP contribution in [0.1, 0.15) is 32.6 Å². The van der Waals surface area contributed by atoms with Gasteiger partial charge in [0.15, 0.2) is 0 Å². The van der Waals surface area contributed by atoms with E-state index in [1.807, 2.05) is 0 Å². The average molecular weight is 167 g/mol. The molecular formula is C11H21N. The van der Waals surface area contributed by atoms with Crippen LogP contribution >= 0.6 is 0 Å². The van der Waals surface area contributed by atoms with Crippen LogP contribution in [0.2, 0.25) is 0 Å². The summed E-state index contributed by atoms with van der Waals surface area (Å²) >= 11 is 0. The molecule has 0 bridgehead atoms. The van der Waals surface area contributed by atoms with Crippen molar-refractivity contribution < 1.29 is 0 Å². The van der Waals surface area contributed by atoms with Crippen molar-refractivity contribution in [3.05, 3.63) is 12.7 Å². The molecule has 1 N–H and O–H groups in total. The van der Waals surface area contributed by atoms with Crippen molar-refractivity contribution in [2.75, 3.05) is 13.1 Å². The summed E-state index contributed by atoms with van der Waals surface area (Å²) in [7, 11) is 0. The minimum absolute atomic E-state index is 0.953. The molecule has 1 heteroatoms. The molecule has 1 aliphatic rings. The molecule has 1 nitrogen and oxygen atoms in total. The van der Waals surface area contributed by atoms with Gasteiger partial charge in [0.05, 0.1) is 0 Å². The predicted octanol–water partition coefficient (Wildman–Crippen LogP) is 2.59. The van der Waals surface area contributed by atoms with Crippen molar-refractivity contribution in [2.24, 2.45) is 11.8 Å². The third-order valence-electron chi connectivity index (χ3n) is 2.88. The smallest absolute Gasteiger partial charge is 0.000559 e. The summed E-state index contributed by atoms with van der Waals surface area (Å²) in [6, 6.07) is 0. The Morgan fingerprint density at radius 1 is 1.50 bits per heavy atom.